The Labute approximate surface area is 135 Å². The minimum Gasteiger partial charge on any atom is -0.396 e. The Balaban J connectivity index is 1.71. The number of nitrogens with zero attached hydrogens (tertiary/aromatic N) is 6. The van der Waals surface area contributed by atoms with E-state index >= 15 is 0 Å². The summed E-state index contributed by atoms with van der Waals surface area (Å²) in [6.45, 7) is 4.31. The van der Waals surface area contributed by atoms with Crippen molar-refractivity contribution in [2.24, 2.45) is 5.92 Å². The number of aliphatic hydroxyl groups excluding tert-OH is 1. The van der Waals surface area contributed by atoms with Crippen molar-refractivity contribution in [3.05, 3.63) is 24.1 Å². The monoisotopic (exact) mass is 318 g/mol. The Morgan fingerprint density at radius 3 is 3.04 bits per heavy atom. The number of rotatable bonds is 5. The third-order valence-electron chi connectivity index (χ3n) is 4.08. The van der Waals surface area contributed by atoms with E-state index in [-0.39, 0.29) is 6.61 Å². The van der Waals surface area contributed by atoms with Crippen molar-refractivity contribution in [2.45, 2.75) is 26.3 Å². The summed E-state index contributed by atoms with van der Waals surface area (Å²) in [5.41, 5.74) is 0. The predicted octanol–water partition coefficient (Wildman–Crippen LogP) is 1.01. The van der Waals surface area contributed by atoms with Gasteiger partial charge < -0.3 is 19.4 Å². The first-order chi connectivity index (χ1) is 11.2. The van der Waals surface area contributed by atoms with Gasteiger partial charge in [0, 0.05) is 39.7 Å². The Kier molecular flexibility index (Phi) is 4.71. The summed E-state index contributed by atoms with van der Waals surface area (Å²) in [6.07, 6.45) is 3.72. The molecule has 23 heavy (non-hydrogen) atoms. The van der Waals surface area contributed by atoms with E-state index < -0.39 is 0 Å². The molecule has 8 heteroatoms. The maximum atomic E-state index is 9.37. The third kappa shape index (κ3) is 3.76. The average Bonchev–Trinajstić information content (AvgIpc) is 3.00. The molecule has 1 N–H and O–H groups in total. The minimum absolute atomic E-state index is 0.228. The molecule has 2 aromatic rings. The highest BCUT2D eigenvalue weighted by molar-refractivity contribution is 5.50. The molecule has 1 atom stereocenters. The SMILES string of the molecule is Cc1nc(CN(C)c2cc(N3CCCC(CO)C3)ncn2)no1. The van der Waals surface area contributed by atoms with E-state index in [1.54, 1.807) is 13.3 Å². The first-order valence-corrected chi connectivity index (χ1v) is 7.84. The summed E-state index contributed by atoms with van der Waals surface area (Å²) in [5, 5.41) is 13.3. The van der Waals surface area contributed by atoms with E-state index in [2.05, 4.69) is 25.0 Å². The van der Waals surface area contributed by atoms with Crippen LogP contribution in [0, 0.1) is 12.8 Å². The number of aromatic nitrogens is 4. The Morgan fingerprint density at radius 2 is 2.30 bits per heavy atom. The van der Waals surface area contributed by atoms with E-state index in [1.807, 2.05) is 18.0 Å². The van der Waals surface area contributed by atoms with Crippen LogP contribution in [0.3, 0.4) is 0 Å². The molecule has 8 nitrogen and oxygen atoms in total. The molecule has 3 heterocycles. The van der Waals surface area contributed by atoms with Gasteiger partial charge in [-0.05, 0) is 18.8 Å². The fourth-order valence-corrected chi connectivity index (χ4v) is 2.84. The van der Waals surface area contributed by atoms with Gasteiger partial charge in [0.2, 0.25) is 5.89 Å². The lowest BCUT2D eigenvalue weighted by atomic mass is 9.99. The highest BCUT2D eigenvalue weighted by atomic mass is 16.5. The van der Waals surface area contributed by atoms with Crippen LogP contribution < -0.4 is 9.80 Å². The number of aliphatic hydroxyl groups is 1. The number of aryl methyl sites for hydroxylation is 1. The van der Waals surface area contributed by atoms with Crippen LogP contribution in [0.5, 0.6) is 0 Å². The van der Waals surface area contributed by atoms with E-state index in [1.165, 1.54) is 0 Å². The molecular weight excluding hydrogens is 296 g/mol. The van der Waals surface area contributed by atoms with Gasteiger partial charge in [-0.25, -0.2) is 9.97 Å². The van der Waals surface area contributed by atoms with Crippen LogP contribution in [0.15, 0.2) is 16.9 Å². The maximum Gasteiger partial charge on any atom is 0.223 e. The Bertz CT molecular complexity index is 646. The highest BCUT2D eigenvalue weighted by Gasteiger charge is 2.21. The average molecular weight is 318 g/mol. The molecule has 0 bridgehead atoms. The molecule has 3 rings (SSSR count). The molecule has 0 aromatic carbocycles. The summed E-state index contributed by atoms with van der Waals surface area (Å²) in [6, 6.07) is 1.96. The van der Waals surface area contributed by atoms with E-state index in [9.17, 15) is 5.11 Å². The van der Waals surface area contributed by atoms with Crippen LogP contribution in [0.4, 0.5) is 11.6 Å². The molecule has 0 saturated carbocycles. The fourth-order valence-electron chi connectivity index (χ4n) is 2.84. The molecule has 0 amide bonds. The van der Waals surface area contributed by atoms with Crippen LogP contribution in [-0.2, 0) is 6.54 Å². The second-order valence-electron chi connectivity index (χ2n) is 5.96. The van der Waals surface area contributed by atoms with Crippen molar-refractivity contribution in [3.63, 3.8) is 0 Å². The van der Waals surface area contributed by atoms with E-state index in [4.69, 9.17) is 4.52 Å². The molecule has 1 fully saturated rings. The zero-order valence-corrected chi connectivity index (χ0v) is 13.5. The second-order valence-corrected chi connectivity index (χ2v) is 5.96. The molecule has 1 unspecified atom stereocenters. The lowest BCUT2D eigenvalue weighted by Gasteiger charge is -2.33. The van der Waals surface area contributed by atoms with E-state index in [0.29, 0.717) is 24.2 Å². The topological polar surface area (TPSA) is 91.4 Å². The van der Waals surface area contributed by atoms with Crippen LogP contribution >= 0.6 is 0 Å². The molecule has 1 aliphatic rings. The zero-order chi connectivity index (χ0) is 16.2. The lowest BCUT2D eigenvalue weighted by molar-refractivity contribution is 0.208. The van der Waals surface area contributed by atoms with Crippen molar-refractivity contribution in [3.8, 4) is 0 Å². The quantitative estimate of drug-likeness (QED) is 0.873. The molecule has 124 valence electrons. The van der Waals surface area contributed by atoms with Crippen molar-refractivity contribution < 1.29 is 9.63 Å². The van der Waals surface area contributed by atoms with Crippen molar-refractivity contribution in [1.82, 2.24) is 20.1 Å². The van der Waals surface area contributed by atoms with Crippen LogP contribution in [0.25, 0.3) is 0 Å². The van der Waals surface area contributed by atoms with E-state index in [0.717, 1.165) is 37.6 Å². The summed E-state index contributed by atoms with van der Waals surface area (Å²) in [4.78, 5) is 17.1. The molecule has 1 aliphatic heterocycles. The summed E-state index contributed by atoms with van der Waals surface area (Å²) >= 11 is 0. The highest BCUT2D eigenvalue weighted by Crippen LogP contribution is 2.23. The van der Waals surface area contributed by atoms with Gasteiger partial charge in [-0.3, -0.25) is 0 Å². The van der Waals surface area contributed by atoms with Gasteiger partial charge in [0.05, 0.1) is 6.54 Å². The maximum absolute atomic E-state index is 9.37. The number of piperidine rings is 1. The molecule has 0 aliphatic carbocycles. The van der Waals surface area contributed by atoms with Crippen molar-refractivity contribution >= 4 is 11.6 Å². The molecule has 0 spiro atoms. The Morgan fingerprint density at radius 1 is 1.43 bits per heavy atom. The number of hydrogen-bond acceptors (Lipinski definition) is 8. The van der Waals surface area contributed by atoms with Gasteiger partial charge in [0.15, 0.2) is 5.82 Å². The van der Waals surface area contributed by atoms with Crippen LogP contribution in [0.1, 0.15) is 24.6 Å². The minimum atomic E-state index is 0.228. The van der Waals surface area contributed by atoms with Gasteiger partial charge in [0.25, 0.3) is 0 Å². The standard InChI is InChI=1S/C15H22N6O2/c1-11-18-13(19-23-11)8-20(2)14-6-15(17-10-16-14)21-5-3-4-12(7-21)9-22/h6,10,12,22H,3-5,7-9H2,1-2H3. The van der Waals surface area contributed by atoms with Gasteiger partial charge in [-0.15, -0.1) is 0 Å². The number of anilines is 2. The molecule has 1 saturated heterocycles. The van der Waals surface area contributed by atoms with Gasteiger partial charge in [0.1, 0.15) is 18.0 Å². The largest absolute Gasteiger partial charge is 0.396 e. The van der Waals surface area contributed by atoms with Gasteiger partial charge in [-0.1, -0.05) is 5.16 Å². The summed E-state index contributed by atoms with van der Waals surface area (Å²) < 4.78 is 4.99. The second kappa shape index (κ2) is 6.91. The fraction of sp³-hybridized carbons (Fsp3) is 0.600. The first kappa shape index (κ1) is 15.7. The number of hydrogen-bond donors (Lipinski definition) is 1. The van der Waals surface area contributed by atoms with Crippen LogP contribution in [-0.4, -0.2) is 52.0 Å². The third-order valence-corrected chi connectivity index (χ3v) is 4.08. The Hall–Kier alpha value is -2.22. The zero-order valence-electron chi connectivity index (χ0n) is 13.5. The summed E-state index contributed by atoms with van der Waals surface area (Å²) in [5.74, 6) is 3.21. The molecule has 2 aromatic heterocycles. The smallest absolute Gasteiger partial charge is 0.223 e. The molecule has 0 radical (unpaired) electrons. The van der Waals surface area contributed by atoms with Crippen molar-refractivity contribution in [2.75, 3.05) is 36.5 Å². The van der Waals surface area contributed by atoms with Crippen molar-refractivity contribution in [1.29, 1.82) is 0 Å². The van der Waals surface area contributed by atoms with Gasteiger partial charge >= 0.3 is 0 Å². The normalized spacial score (nSPS) is 18.2. The predicted molar refractivity (Wildman–Crippen MR) is 85.2 cm³/mol. The lowest BCUT2D eigenvalue weighted by Crippen LogP contribution is -2.37. The van der Waals surface area contributed by atoms with Gasteiger partial charge in [-0.2, -0.15) is 4.98 Å². The van der Waals surface area contributed by atoms with Crippen LogP contribution in [0.2, 0.25) is 0 Å². The first-order valence-electron chi connectivity index (χ1n) is 7.84. The molecular formula is C15H22N6O2. The summed E-state index contributed by atoms with van der Waals surface area (Å²) in [7, 11) is 1.94.